The summed E-state index contributed by atoms with van der Waals surface area (Å²) in [5.41, 5.74) is -0.822. The van der Waals surface area contributed by atoms with Gasteiger partial charge in [0.2, 0.25) is 0 Å². The van der Waals surface area contributed by atoms with E-state index in [1.54, 1.807) is 0 Å². The predicted octanol–water partition coefficient (Wildman–Crippen LogP) is 1.25. The molecule has 0 bridgehead atoms. The van der Waals surface area contributed by atoms with Crippen molar-refractivity contribution in [1.82, 2.24) is 4.90 Å². The first-order chi connectivity index (χ1) is 6.67. The summed E-state index contributed by atoms with van der Waals surface area (Å²) in [5.74, 6) is 2.93. The van der Waals surface area contributed by atoms with Crippen LogP contribution in [0.25, 0.3) is 0 Å². The van der Waals surface area contributed by atoms with Crippen LogP contribution in [-0.2, 0) is 0 Å². The fourth-order valence-corrected chi connectivity index (χ4v) is 3.07. The molecule has 1 aliphatic carbocycles. The van der Waals surface area contributed by atoms with Crippen molar-refractivity contribution in [3.8, 4) is 12.3 Å². The average molecular weight is 193 g/mol. The van der Waals surface area contributed by atoms with Gasteiger partial charge in [-0.15, -0.1) is 6.42 Å². The minimum absolute atomic E-state index is 0.306. The molecule has 2 heteroatoms. The van der Waals surface area contributed by atoms with Gasteiger partial charge in [-0.25, -0.2) is 0 Å². The van der Waals surface area contributed by atoms with E-state index in [9.17, 15) is 5.11 Å². The molecule has 14 heavy (non-hydrogen) atoms. The van der Waals surface area contributed by atoms with Crippen LogP contribution in [0.15, 0.2) is 0 Å². The second-order valence-corrected chi connectivity index (χ2v) is 4.76. The summed E-state index contributed by atoms with van der Waals surface area (Å²) in [4.78, 5) is 2.37. The molecule has 0 aromatic rings. The van der Waals surface area contributed by atoms with E-state index in [2.05, 4.69) is 17.9 Å². The SMILES string of the molecule is C#CC1(O)CCN(C)[C@@H]2CCCC[C@H]21. The summed E-state index contributed by atoms with van der Waals surface area (Å²) in [7, 11) is 2.15. The molecule has 2 nitrogen and oxygen atoms in total. The topological polar surface area (TPSA) is 23.5 Å². The van der Waals surface area contributed by atoms with Gasteiger partial charge in [-0.1, -0.05) is 18.8 Å². The van der Waals surface area contributed by atoms with Crippen LogP contribution in [0.4, 0.5) is 0 Å². The van der Waals surface area contributed by atoms with Gasteiger partial charge in [-0.3, -0.25) is 0 Å². The molecule has 0 aromatic carbocycles. The Morgan fingerprint density at radius 3 is 2.86 bits per heavy atom. The zero-order valence-corrected chi connectivity index (χ0v) is 8.87. The van der Waals surface area contributed by atoms with Crippen LogP contribution in [-0.4, -0.2) is 35.2 Å². The highest BCUT2D eigenvalue weighted by molar-refractivity contribution is 5.15. The molecular weight excluding hydrogens is 174 g/mol. The van der Waals surface area contributed by atoms with Crippen LogP contribution in [0, 0.1) is 18.3 Å². The summed E-state index contributed by atoms with van der Waals surface area (Å²) in [5, 5.41) is 10.3. The van der Waals surface area contributed by atoms with E-state index in [-0.39, 0.29) is 0 Å². The van der Waals surface area contributed by atoms with Crippen LogP contribution in [0.1, 0.15) is 32.1 Å². The summed E-state index contributed by atoms with van der Waals surface area (Å²) >= 11 is 0. The van der Waals surface area contributed by atoms with Gasteiger partial charge in [-0.2, -0.15) is 0 Å². The molecule has 78 valence electrons. The van der Waals surface area contributed by atoms with Gasteiger partial charge in [0.05, 0.1) is 0 Å². The molecule has 1 heterocycles. The Morgan fingerprint density at radius 1 is 1.43 bits per heavy atom. The number of rotatable bonds is 0. The molecule has 1 saturated carbocycles. The van der Waals surface area contributed by atoms with Gasteiger partial charge in [0.1, 0.15) is 5.60 Å². The van der Waals surface area contributed by atoms with Crippen molar-refractivity contribution in [1.29, 1.82) is 0 Å². The Bertz CT molecular complexity index is 258. The number of aliphatic hydroxyl groups is 1. The highest BCUT2D eigenvalue weighted by atomic mass is 16.3. The van der Waals surface area contributed by atoms with Crippen molar-refractivity contribution < 1.29 is 5.11 Å². The first-order valence-electron chi connectivity index (χ1n) is 5.58. The van der Waals surface area contributed by atoms with Crippen LogP contribution in [0.3, 0.4) is 0 Å². The Balaban J connectivity index is 2.21. The highest BCUT2D eigenvalue weighted by Gasteiger charge is 2.46. The highest BCUT2D eigenvalue weighted by Crippen LogP contribution is 2.40. The standard InChI is InChI=1S/C12H19NO/c1-3-12(14)8-9-13(2)11-7-5-4-6-10(11)12/h1,10-11,14H,4-9H2,2H3/t10-,11-,12?/m1/s1. The number of hydrogen-bond donors (Lipinski definition) is 1. The Hall–Kier alpha value is -0.520. The molecule has 0 aromatic heterocycles. The lowest BCUT2D eigenvalue weighted by Gasteiger charge is -2.49. The Morgan fingerprint density at radius 2 is 2.14 bits per heavy atom. The van der Waals surface area contributed by atoms with E-state index in [0.717, 1.165) is 19.4 Å². The largest absolute Gasteiger partial charge is 0.377 e. The molecule has 1 N–H and O–H groups in total. The first kappa shape index (κ1) is 10.0. The first-order valence-corrected chi connectivity index (χ1v) is 5.58. The minimum Gasteiger partial charge on any atom is -0.377 e. The van der Waals surface area contributed by atoms with Crippen molar-refractivity contribution in [3.63, 3.8) is 0 Å². The normalized spacial score (nSPS) is 44.1. The number of likely N-dealkylation sites (tertiary alicyclic amines) is 1. The van der Waals surface area contributed by atoms with Crippen molar-refractivity contribution in [2.24, 2.45) is 5.92 Å². The lowest BCUT2D eigenvalue weighted by atomic mass is 9.69. The average Bonchev–Trinajstić information content (AvgIpc) is 2.24. The van der Waals surface area contributed by atoms with Gasteiger partial charge in [0, 0.05) is 24.9 Å². The van der Waals surface area contributed by atoms with Crippen molar-refractivity contribution in [2.75, 3.05) is 13.6 Å². The Labute approximate surface area is 86.3 Å². The number of nitrogens with zero attached hydrogens (tertiary/aromatic N) is 1. The fraction of sp³-hybridized carbons (Fsp3) is 0.833. The number of terminal acetylenes is 1. The second-order valence-electron chi connectivity index (χ2n) is 4.76. The predicted molar refractivity (Wildman–Crippen MR) is 56.8 cm³/mol. The quantitative estimate of drug-likeness (QED) is 0.585. The third-order valence-corrected chi connectivity index (χ3v) is 4.00. The molecule has 1 unspecified atom stereocenters. The maximum absolute atomic E-state index is 10.3. The summed E-state index contributed by atoms with van der Waals surface area (Å²) in [6, 6.07) is 0.513. The third kappa shape index (κ3) is 1.45. The molecule has 0 amide bonds. The van der Waals surface area contributed by atoms with E-state index < -0.39 is 5.60 Å². The van der Waals surface area contributed by atoms with Gasteiger partial charge in [-0.05, 0) is 19.9 Å². The molecule has 3 atom stereocenters. The molecule has 0 spiro atoms. The second kappa shape index (κ2) is 3.56. The van der Waals surface area contributed by atoms with Crippen LogP contribution < -0.4 is 0 Å². The molecular formula is C12H19NO. The number of piperidine rings is 1. The number of fused-ring (bicyclic) bond motifs is 1. The smallest absolute Gasteiger partial charge is 0.130 e. The van der Waals surface area contributed by atoms with Crippen molar-refractivity contribution in [3.05, 3.63) is 0 Å². The molecule has 2 fully saturated rings. The van der Waals surface area contributed by atoms with Crippen LogP contribution >= 0.6 is 0 Å². The lowest BCUT2D eigenvalue weighted by molar-refractivity contribution is -0.0699. The van der Waals surface area contributed by atoms with Gasteiger partial charge >= 0.3 is 0 Å². The van der Waals surface area contributed by atoms with E-state index >= 15 is 0 Å². The van der Waals surface area contributed by atoms with E-state index in [4.69, 9.17) is 6.42 Å². The van der Waals surface area contributed by atoms with Crippen molar-refractivity contribution >= 4 is 0 Å². The zero-order valence-electron chi connectivity index (χ0n) is 8.87. The summed E-state index contributed by atoms with van der Waals surface area (Å²) in [6.07, 6.45) is 11.0. The third-order valence-electron chi connectivity index (χ3n) is 4.00. The molecule has 0 radical (unpaired) electrons. The van der Waals surface area contributed by atoms with Crippen LogP contribution in [0.2, 0.25) is 0 Å². The van der Waals surface area contributed by atoms with Crippen LogP contribution in [0.5, 0.6) is 0 Å². The van der Waals surface area contributed by atoms with Gasteiger partial charge in [0.25, 0.3) is 0 Å². The van der Waals surface area contributed by atoms with E-state index in [0.29, 0.717) is 12.0 Å². The van der Waals surface area contributed by atoms with Crippen molar-refractivity contribution in [2.45, 2.75) is 43.7 Å². The molecule has 2 aliphatic rings. The van der Waals surface area contributed by atoms with Gasteiger partial charge in [0.15, 0.2) is 0 Å². The molecule has 1 aliphatic heterocycles. The van der Waals surface area contributed by atoms with E-state index in [1.165, 1.54) is 19.3 Å². The molecule has 1 saturated heterocycles. The number of hydrogen-bond acceptors (Lipinski definition) is 2. The summed E-state index contributed by atoms with van der Waals surface area (Å²) in [6.45, 7) is 0.932. The zero-order chi connectivity index (χ0) is 10.2. The van der Waals surface area contributed by atoms with Gasteiger partial charge < -0.3 is 10.0 Å². The Kier molecular flexibility index (Phi) is 2.55. The lowest BCUT2D eigenvalue weighted by Crippen LogP contribution is -2.57. The van der Waals surface area contributed by atoms with E-state index in [1.807, 2.05) is 0 Å². The monoisotopic (exact) mass is 193 g/mol. The maximum Gasteiger partial charge on any atom is 0.130 e. The molecule has 2 rings (SSSR count). The summed E-state index contributed by atoms with van der Waals surface area (Å²) < 4.78 is 0. The fourth-order valence-electron chi connectivity index (χ4n) is 3.07. The maximum atomic E-state index is 10.3. The minimum atomic E-state index is -0.822.